The van der Waals surface area contributed by atoms with Crippen LogP contribution in [0.15, 0.2) is 41.8 Å². The number of rotatable bonds is 5. The highest BCUT2D eigenvalue weighted by Crippen LogP contribution is 2.36. The van der Waals surface area contributed by atoms with E-state index in [1.165, 1.54) is 5.56 Å². The van der Waals surface area contributed by atoms with E-state index in [-0.39, 0.29) is 0 Å². The maximum atomic E-state index is 5.87. The summed E-state index contributed by atoms with van der Waals surface area (Å²) < 4.78 is 5.87. The minimum atomic E-state index is 0.559. The lowest BCUT2D eigenvalue weighted by Crippen LogP contribution is -1.98. The van der Waals surface area contributed by atoms with Crippen molar-refractivity contribution in [3.63, 3.8) is 0 Å². The average Bonchev–Trinajstić information content (AvgIpc) is 3.07. The van der Waals surface area contributed by atoms with Crippen molar-refractivity contribution in [1.29, 1.82) is 0 Å². The fourth-order valence-electron chi connectivity index (χ4n) is 2.79. The molecule has 2 aromatic carbocycles. The number of hydrogen-bond donors (Lipinski definition) is 1. The highest BCUT2D eigenvalue weighted by molar-refractivity contribution is 7.13. The van der Waals surface area contributed by atoms with Crippen LogP contribution >= 0.6 is 11.3 Å². The van der Waals surface area contributed by atoms with Gasteiger partial charge in [0.25, 0.3) is 0 Å². The molecule has 2 N–H and O–H groups in total. The Balaban J connectivity index is 2.01. The fourth-order valence-corrected chi connectivity index (χ4v) is 3.62. The first-order valence-corrected chi connectivity index (χ1v) is 8.99. The highest BCUT2D eigenvalue weighted by Gasteiger charge is 2.14. The molecule has 4 heteroatoms. The second kappa shape index (κ2) is 7.16. The summed E-state index contributed by atoms with van der Waals surface area (Å²) in [5, 5.41) is 3.11. The third kappa shape index (κ3) is 3.35. The maximum absolute atomic E-state index is 5.87. The molecule has 3 nitrogen and oxygen atoms in total. The van der Waals surface area contributed by atoms with Gasteiger partial charge in [0.05, 0.1) is 12.3 Å². The predicted molar refractivity (Wildman–Crippen MR) is 102 cm³/mol. The van der Waals surface area contributed by atoms with Gasteiger partial charge in [0, 0.05) is 23.1 Å². The number of nitrogens with zero attached hydrogens (tertiary/aromatic N) is 1. The van der Waals surface area contributed by atoms with Crippen LogP contribution in [0.25, 0.3) is 21.8 Å². The van der Waals surface area contributed by atoms with Crippen LogP contribution < -0.4 is 10.5 Å². The van der Waals surface area contributed by atoms with Crippen molar-refractivity contribution in [2.75, 3.05) is 6.61 Å². The number of aryl methyl sites for hydroxylation is 2. The predicted octanol–water partition coefficient (Wildman–Crippen LogP) is 4.95. The van der Waals surface area contributed by atoms with E-state index < -0.39 is 0 Å². The van der Waals surface area contributed by atoms with E-state index in [2.05, 4.69) is 55.6 Å². The molecule has 24 heavy (non-hydrogen) atoms. The lowest BCUT2D eigenvalue weighted by Gasteiger charge is -2.13. The number of nitrogens with two attached hydrogens (primary N) is 1. The number of hydrogen-bond acceptors (Lipinski definition) is 4. The lowest BCUT2D eigenvalue weighted by atomic mass is 10.0. The van der Waals surface area contributed by atoms with Crippen LogP contribution in [0.1, 0.15) is 23.6 Å². The van der Waals surface area contributed by atoms with Gasteiger partial charge in [-0.15, -0.1) is 11.3 Å². The van der Waals surface area contributed by atoms with Crippen LogP contribution in [0.4, 0.5) is 0 Å². The Morgan fingerprint density at radius 2 is 1.88 bits per heavy atom. The van der Waals surface area contributed by atoms with Gasteiger partial charge in [-0.25, -0.2) is 4.98 Å². The Hall–Kier alpha value is -2.17. The molecule has 0 unspecified atom stereocenters. The Labute approximate surface area is 147 Å². The fraction of sp³-hybridized carbons (Fsp3) is 0.250. The number of aromatic nitrogens is 1. The summed E-state index contributed by atoms with van der Waals surface area (Å²) in [4.78, 5) is 4.84. The van der Waals surface area contributed by atoms with Crippen molar-refractivity contribution in [1.82, 2.24) is 4.98 Å². The highest BCUT2D eigenvalue weighted by atomic mass is 32.1. The van der Waals surface area contributed by atoms with E-state index in [9.17, 15) is 0 Å². The molecule has 0 radical (unpaired) electrons. The topological polar surface area (TPSA) is 48.1 Å². The van der Waals surface area contributed by atoms with Gasteiger partial charge in [0.2, 0.25) is 0 Å². The molecule has 0 bridgehead atoms. The molecule has 3 rings (SSSR count). The summed E-state index contributed by atoms with van der Waals surface area (Å²) in [5.74, 6) is 0.929. The van der Waals surface area contributed by atoms with E-state index in [1.807, 2.05) is 6.92 Å². The minimum absolute atomic E-state index is 0.559. The van der Waals surface area contributed by atoms with Crippen molar-refractivity contribution in [2.24, 2.45) is 5.73 Å². The molecular formula is C20H22N2OS. The van der Waals surface area contributed by atoms with E-state index in [0.717, 1.165) is 38.7 Å². The largest absolute Gasteiger partial charge is 0.493 e. The summed E-state index contributed by atoms with van der Waals surface area (Å²) in [6.45, 7) is 7.40. The Kier molecular flexibility index (Phi) is 4.97. The van der Waals surface area contributed by atoms with Gasteiger partial charge >= 0.3 is 0 Å². The first-order chi connectivity index (χ1) is 11.6. The molecular weight excluding hydrogens is 316 g/mol. The molecule has 0 fully saturated rings. The van der Waals surface area contributed by atoms with E-state index in [1.54, 1.807) is 11.3 Å². The van der Waals surface area contributed by atoms with Crippen LogP contribution in [0.3, 0.4) is 0 Å². The molecule has 0 amide bonds. The molecule has 0 aliphatic heterocycles. The molecule has 0 saturated heterocycles. The summed E-state index contributed by atoms with van der Waals surface area (Å²) in [5.41, 5.74) is 12.3. The molecule has 0 aliphatic rings. The second-order valence-electron chi connectivity index (χ2n) is 5.83. The Bertz CT molecular complexity index is 837. The van der Waals surface area contributed by atoms with Gasteiger partial charge in [-0.3, -0.25) is 0 Å². The molecule has 124 valence electrons. The molecule has 0 saturated carbocycles. The summed E-state index contributed by atoms with van der Waals surface area (Å²) >= 11 is 1.65. The quantitative estimate of drug-likeness (QED) is 0.716. The first kappa shape index (κ1) is 16.7. The zero-order valence-corrected chi connectivity index (χ0v) is 15.1. The molecule has 0 spiro atoms. The molecule has 0 aliphatic carbocycles. The van der Waals surface area contributed by atoms with Crippen molar-refractivity contribution in [3.05, 3.63) is 58.5 Å². The Morgan fingerprint density at radius 3 is 2.54 bits per heavy atom. The van der Waals surface area contributed by atoms with Crippen LogP contribution in [-0.4, -0.2) is 11.6 Å². The maximum Gasteiger partial charge on any atom is 0.131 e. The smallest absolute Gasteiger partial charge is 0.131 e. The standard InChI is InChI=1S/C20H22N2OS/c1-4-23-19-14(3)9-13(2)10-17(19)18-12-24-20(22-18)16-7-5-15(11-21)6-8-16/h5-10,12H,4,11,21H2,1-3H3. The van der Waals surface area contributed by atoms with Crippen molar-refractivity contribution < 1.29 is 4.74 Å². The van der Waals surface area contributed by atoms with Crippen LogP contribution in [0.5, 0.6) is 5.75 Å². The lowest BCUT2D eigenvalue weighted by molar-refractivity contribution is 0.339. The SMILES string of the molecule is CCOc1c(C)cc(C)cc1-c1csc(-c2ccc(CN)cc2)n1. The third-order valence-electron chi connectivity index (χ3n) is 3.92. The van der Waals surface area contributed by atoms with Gasteiger partial charge in [0.1, 0.15) is 10.8 Å². The first-order valence-electron chi connectivity index (χ1n) is 8.11. The van der Waals surface area contributed by atoms with Crippen LogP contribution in [0, 0.1) is 13.8 Å². The number of benzene rings is 2. The molecule has 3 aromatic rings. The van der Waals surface area contributed by atoms with Gasteiger partial charge in [-0.1, -0.05) is 30.3 Å². The number of thiazole rings is 1. The summed E-state index contributed by atoms with van der Waals surface area (Å²) in [7, 11) is 0. The second-order valence-corrected chi connectivity index (χ2v) is 6.69. The molecule has 1 heterocycles. The molecule has 1 aromatic heterocycles. The zero-order valence-electron chi connectivity index (χ0n) is 14.3. The van der Waals surface area contributed by atoms with Crippen molar-refractivity contribution >= 4 is 11.3 Å². The summed E-state index contributed by atoms with van der Waals surface area (Å²) in [6.07, 6.45) is 0. The Morgan fingerprint density at radius 1 is 1.12 bits per heavy atom. The van der Waals surface area contributed by atoms with E-state index in [4.69, 9.17) is 15.5 Å². The average molecular weight is 338 g/mol. The normalized spacial score (nSPS) is 10.8. The summed E-state index contributed by atoms with van der Waals surface area (Å²) in [6, 6.07) is 12.6. The van der Waals surface area contributed by atoms with Gasteiger partial charge < -0.3 is 10.5 Å². The van der Waals surface area contributed by atoms with Crippen molar-refractivity contribution in [3.8, 4) is 27.6 Å². The zero-order chi connectivity index (χ0) is 17.1. The molecule has 0 atom stereocenters. The number of ether oxygens (including phenoxy) is 1. The van der Waals surface area contributed by atoms with E-state index in [0.29, 0.717) is 13.2 Å². The van der Waals surface area contributed by atoms with Gasteiger partial charge in [-0.05, 0) is 43.5 Å². The minimum Gasteiger partial charge on any atom is -0.493 e. The van der Waals surface area contributed by atoms with Crippen molar-refractivity contribution in [2.45, 2.75) is 27.3 Å². The monoisotopic (exact) mass is 338 g/mol. The van der Waals surface area contributed by atoms with Crippen LogP contribution in [0.2, 0.25) is 0 Å². The van der Waals surface area contributed by atoms with Crippen LogP contribution in [-0.2, 0) is 6.54 Å². The van der Waals surface area contributed by atoms with E-state index >= 15 is 0 Å². The van der Waals surface area contributed by atoms with Gasteiger partial charge in [-0.2, -0.15) is 0 Å². The third-order valence-corrected chi connectivity index (χ3v) is 4.82. The van der Waals surface area contributed by atoms with Gasteiger partial charge in [0.15, 0.2) is 0 Å².